The number of alkyl halides is 1. The highest BCUT2D eigenvalue weighted by atomic mass is 79.9. The van der Waals surface area contributed by atoms with E-state index in [-0.39, 0.29) is 0 Å². The van der Waals surface area contributed by atoms with Gasteiger partial charge in [0.15, 0.2) is 6.29 Å². The Bertz CT molecular complexity index is 450. The summed E-state index contributed by atoms with van der Waals surface area (Å²) < 4.78 is 0. The third kappa shape index (κ3) is 2.68. The maximum absolute atomic E-state index is 11.7. The lowest BCUT2D eigenvalue weighted by Crippen LogP contribution is -2.29. The molecule has 1 unspecified atom stereocenters. The summed E-state index contributed by atoms with van der Waals surface area (Å²) in [6.45, 7) is 1.07. The van der Waals surface area contributed by atoms with Crippen molar-refractivity contribution >= 4 is 28.0 Å². The maximum atomic E-state index is 11.7. The van der Waals surface area contributed by atoms with Gasteiger partial charge in [-0.3, -0.25) is 14.4 Å². The molecule has 18 heavy (non-hydrogen) atoms. The van der Waals surface area contributed by atoms with Crippen molar-refractivity contribution in [3.05, 3.63) is 35.4 Å². The Balaban J connectivity index is 2.17. The van der Waals surface area contributed by atoms with Crippen LogP contribution in [0.15, 0.2) is 24.3 Å². The summed E-state index contributed by atoms with van der Waals surface area (Å²) >= 11 is 3.32. The van der Waals surface area contributed by atoms with Gasteiger partial charge in [-0.15, -0.1) is 0 Å². The predicted octanol–water partition coefficient (Wildman–Crippen LogP) is 2.03. The van der Waals surface area contributed by atoms with Gasteiger partial charge in [-0.25, -0.2) is 0 Å². The van der Waals surface area contributed by atoms with Crippen LogP contribution in [0.4, 0.5) is 0 Å². The van der Waals surface area contributed by atoms with Gasteiger partial charge in [-0.1, -0.05) is 40.2 Å². The fraction of sp³-hybridized carbons (Fsp3) is 0.385. The number of fused-ring (bicyclic) bond motifs is 1. The van der Waals surface area contributed by atoms with E-state index in [1.807, 2.05) is 24.3 Å². The third-order valence-electron chi connectivity index (χ3n) is 2.88. The summed E-state index contributed by atoms with van der Waals surface area (Å²) in [6.07, 6.45) is 1.22. The fourth-order valence-electron chi connectivity index (χ4n) is 2.08. The van der Waals surface area contributed by atoms with Crippen LogP contribution in [0.2, 0.25) is 0 Å². The second-order valence-corrected chi connectivity index (χ2v) is 4.87. The van der Waals surface area contributed by atoms with E-state index in [4.69, 9.17) is 4.84 Å². The first-order valence-corrected chi connectivity index (χ1v) is 6.92. The standard InChI is InChI=1S/C13H14BrNO3/c14-6-3-7-18-15-8-10-4-1-2-5-11(10)13(15)12(17)9-16/h1-2,4-5,9,13H,3,6-8H2. The first-order chi connectivity index (χ1) is 8.77. The summed E-state index contributed by atoms with van der Waals surface area (Å²) in [5.41, 5.74) is 1.91. The topological polar surface area (TPSA) is 46.6 Å². The summed E-state index contributed by atoms with van der Waals surface area (Å²) in [6, 6.07) is 7.02. The van der Waals surface area contributed by atoms with Crippen molar-refractivity contribution in [3.63, 3.8) is 0 Å². The maximum Gasteiger partial charge on any atom is 0.219 e. The number of halogens is 1. The molecule has 4 nitrogen and oxygen atoms in total. The SMILES string of the molecule is O=CC(=O)C1c2ccccc2CN1OCCCBr. The Hall–Kier alpha value is -1.04. The number of hydrogen-bond acceptors (Lipinski definition) is 4. The second kappa shape index (κ2) is 6.22. The van der Waals surface area contributed by atoms with E-state index in [0.717, 1.165) is 22.9 Å². The molecule has 0 aromatic heterocycles. The average Bonchev–Trinajstić information content (AvgIpc) is 2.76. The molecule has 1 atom stereocenters. The molecule has 1 heterocycles. The molecule has 0 saturated carbocycles. The lowest BCUT2D eigenvalue weighted by Gasteiger charge is -2.21. The number of carbonyl (C=O) groups excluding carboxylic acids is 2. The first kappa shape index (κ1) is 13.4. The number of nitrogens with zero attached hydrogens (tertiary/aromatic N) is 1. The minimum absolute atomic E-state index is 0.369. The minimum atomic E-state index is -0.589. The fourth-order valence-corrected chi connectivity index (χ4v) is 2.30. The predicted molar refractivity (Wildman–Crippen MR) is 70.2 cm³/mol. The molecule has 0 N–H and O–H groups in total. The van der Waals surface area contributed by atoms with E-state index in [1.165, 1.54) is 0 Å². The summed E-state index contributed by atoms with van der Waals surface area (Å²) in [7, 11) is 0. The molecule has 2 rings (SSSR count). The molecule has 1 aliphatic heterocycles. The molecule has 1 aliphatic rings. The Labute approximate surface area is 114 Å². The van der Waals surface area contributed by atoms with Crippen molar-refractivity contribution in [2.45, 2.75) is 19.0 Å². The molecule has 5 heteroatoms. The molecule has 0 spiro atoms. The van der Waals surface area contributed by atoms with Crippen LogP contribution in [-0.4, -0.2) is 29.1 Å². The smallest absolute Gasteiger partial charge is 0.219 e. The van der Waals surface area contributed by atoms with Gasteiger partial charge in [-0.05, 0) is 17.5 Å². The molecule has 0 radical (unpaired) electrons. The van der Waals surface area contributed by atoms with Gasteiger partial charge in [-0.2, -0.15) is 5.06 Å². The van der Waals surface area contributed by atoms with Gasteiger partial charge in [0.25, 0.3) is 0 Å². The number of hydrogen-bond donors (Lipinski definition) is 0. The molecule has 0 fully saturated rings. The van der Waals surface area contributed by atoms with E-state index in [1.54, 1.807) is 5.06 Å². The Morgan fingerprint density at radius 3 is 3.00 bits per heavy atom. The Morgan fingerprint density at radius 1 is 1.50 bits per heavy atom. The van der Waals surface area contributed by atoms with E-state index in [0.29, 0.717) is 19.4 Å². The van der Waals surface area contributed by atoms with E-state index in [9.17, 15) is 9.59 Å². The summed E-state index contributed by atoms with van der Waals surface area (Å²) in [5.74, 6) is -0.459. The lowest BCUT2D eigenvalue weighted by atomic mass is 10.0. The minimum Gasteiger partial charge on any atom is -0.298 e. The molecular weight excluding hydrogens is 298 g/mol. The Kier molecular flexibility index (Phi) is 4.63. The average molecular weight is 312 g/mol. The van der Waals surface area contributed by atoms with Gasteiger partial charge < -0.3 is 0 Å². The largest absolute Gasteiger partial charge is 0.298 e. The zero-order chi connectivity index (χ0) is 13.0. The third-order valence-corrected chi connectivity index (χ3v) is 3.45. The van der Waals surface area contributed by atoms with Crippen LogP contribution in [0, 0.1) is 0 Å². The highest BCUT2D eigenvalue weighted by molar-refractivity contribution is 9.09. The molecule has 96 valence electrons. The number of ketones is 1. The van der Waals surface area contributed by atoms with Crippen LogP contribution in [-0.2, 0) is 21.0 Å². The number of benzene rings is 1. The van der Waals surface area contributed by atoms with Crippen molar-refractivity contribution in [2.75, 3.05) is 11.9 Å². The second-order valence-electron chi connectivity index (χ2n) is 4.07. The summed E-state index contributed by atoms with van der Waals surface area (Å²) in [4.78, 5) is 28.0. The van der Waals surface area contributed by atoms with E-state index < -0.39 is 11.8 Å². The molecule has 1 aromatic rings. The van der Waals surface area contributed by atoms with Crippen LogP contribution < -0.4 is 0 Å². The quantitative estimate of drug-likeness (QED) is 0.349. The molecule has 0 aliphatic carbocycles. The number of aldehydes is 1. The van der Waals surface area contributed by atoms with Gasteiger partial charge in [0, 0.05) is 5.33 Å². The van der Waals surface area contributed by atoms with Crippen molar-refractivity contribution in [3.8, 4) is 0 Å². The van der Waals surface area contributed by atoms with E-state index >= 15 is 0 Å². The van der Waals surface area contributed by atoms with Crippen LogP contribution in [0.3, 0.4) is 0 Å². The highest BCUT2D eigenvalue weighted by Gasteiger charge is 2.35. The number of hydroxylamine groups is 2. The van der Waals surface area contributed by atoms with Gasteiger partial charge in [0.05, 0.1) is 13.2 Å². The van der Waals surface area contributed by atoms with Crippen LogP contribution in [0.1, 0.15) is 23.6 Å². The van der Waals surface area contributed by atoms with Crippen molar-refractivity contribution in [1.29, 1.82) is 0 Å². The first-order valence-electron chi connectivity index (χ1n) is 5.80. The highest BCUT2D eigenvalue weighted by Crippen LogP contribution is 2.33. The molecule has 0 bridgehead atoms. The number of carbonyl (C=O) groups is 2. The normalized spacial score (nSPS) is 18.6. The molecule has 0 saturated heterocycles. The lowest BCUT2D eigenvalue weighted by molar-refractivity contribution is -0.189. The van der Waals surface area contributed by atoms with Crippen molar-refractivity contribution < 1.29 is 14.4 Å². The Morgan fingerprint density at radius 2 is 2.28 bits per heavy atom. The van der Waals surface area contributed by atoms with Crippen molar-refractivity contribution in [2.24, 2.45) is 0 Å². The van der Waals surface area contributed by atoms with E-state index in [2.05, 4.69) is 15.9 Å². The zero-order valence-electron chi connectivity index (χ0n) is 9.84. The number of rotatable bonds is 6. The van der Waals surface area contributed by atoms with Gasteiger partial charge in [0.2, 0.25) is 5.78 Å². The zero-order valence-corrected chi connectivity index (χ0v) is 11.4. The molecule has 0 amide bonds. The van der Waals surface area contributed by atoms with Crippen LogP contribution in [0.5, 0.6) is 0 Å². The van der Waals surface area contributed by atoms with Gasteiger partial charge >= 0.3 is 0 Å². The monoisotopic (exact) mass is 311 g/mol. The van der Waals surface area contributed by atoms with Crippen LogP contribution >= 0.6 is 15.9 Å². The molecule has 1 aromatic carbocycles. The number of Topliss-reactive ketones (excluding diaryl/α,β-unsaturated/α-hetero) is 1. The molecular formula is C13H14BrNO3. The van der Waals surface area contributed by atoms with Crippen LogP contribution in [0.25, 0.3) is 0 Å². The van der Waals surface area contributed by atoms with Gasteiger partial charge in [0.1, 0.15) is 6.04 Å². The summed E-state index contributed by atoms with van der Waals surface area (Å²) in [5, 5.41) is 2.45. The van der Waals surface area contributed by atoms with Crippen molar-refractivity contribution in [1.82, 2.24) is 5.06 Å².